The van der Waals surface area contributed by atoms with E-state index in [4.69, 9.17) is 5.73 Å². The molecule has 0 unspecified atom stereocenters. The number of rotatable bonds is 5. The number of aromatic nitrogens is 2. The Morgan fingerprint density at radius 2 is 1.95 bits per heavy atom. The zero-order valence-electron chi connectivity index (χ0n) is 10.7. The van der Waals surface area contributed by atoms with Crippen LogP contribution in [0.1, 0.15) is 15.9 Å². The minimum Gasteiger partial charge on any atom is -0.384 e. The van der Waals surface area contributed by atoms with Crippen LogP contribution in [0.25, 0.3) is 0 Å². The molecule has 0 atom stereocenters. The number of nitrogens with two attached hydrogens (primary N) is 1. The highest BCUT2D eigenvalue weighted by molar-refractivity contribution is 5.96. The molecule has 2 rings (SSSR count). The van der Waals surface area contributed by atoms with Gasteiger partial charge in [0.15, 0.2) is 0 Å². The zero-order valence-corrected chi connectivity index (χ0v) is 10.7. The number of amides is 2. The van der Waals surface area contributed by atoms with Gasteiger partial charge in [-0.05, 0) is 12.1 Å². The summed E-state index contributed by atoms with van der Waals surface area (Å²) in [7, 11) is 0. The molecule has 0 aliphatic carbocycles. The van der Waals surface area contributed by atoms with Crippen molar-refractivity contribution in [3.8, 4) is 0 Å². The van der Waals surface area contributed by atoms with Crippen LogP contribution in [-0.4, -0.2) is 28.6 Å². The third-order valence-corrected chi connectivity index (χ3v) is 2.67. The van der Waals surface area contributed by atoms with Gasteiger partial charge in [0.25, 0.3) is 5.91 Å². The standard InChI is InChI=1S/C13H15N5O2/c14-12-10(7-17-18-12)6-15-11(19)8-16-13(20)9-4-2-1-3-5-9/h1-5,7H,6,8H2,(H,15,19)(H,16,20)(H3,14,17,18). The number of H-pyrrole nitrogens is 1. The number of aromatic amines is 1. The van der Waals surface area contributed by atoms with Crippen LogP contribution in [0.3, 0.4) is 0 Å². The summed E-state index contributed by atoms with van der Waals surface area (Å²) < 4.78 is 0. The first-order valence-electron chi connectivity index (χ1n) is 6.04. The molecule has 0 saturated carbocycles. The number of benzene rings is 1. The van der Waals surface area contributed by atoms with Gasteiger partial charge >= 0.3 is 0 Å². The van der Waals surface area contributed by atoms with Crippen molar-refractivity contribution in [2.45, 2.75) is 6.54 Å². The predicted molar refractivity (Wildman–Crippen MR) is 73.6 cm³/mol. The van der Waals surface area contributed by atoms with E-state index in [0.29, 0.717) is 16.9 Å². The first kappa shape index (κ1) is 13.6. The average Bonchev–Trinajstić information content (AvgIpc) is 2.89. The van der Waals surface area contributed by atoms with E-state index in [9.17, 15) is 9.59 Å². The Morgan fingerprint density at radius 3 is 2.60 bits per heavy atom. The number of nitrogens with zero attached hydrogens (tertiary/aromatic N) is 1. The molecule has 1 heterocycles. The summed E-state index contributed by atoms with van der Waals surface area (Å²) in [6.45, 7) is 0.174. The second kappa shape index (κ2) is 6.37. The van der Waals surface area contributed by atoms with Crippen molar-refractivity contribution in [1.29, 1.82) is 0 Å². The van der Waals surface area contributed by atoms with Crippen LogP contribution in [0.2, 0.25) is 0 Å². The summed E-state index contributed by atoms with van der Waals surface area (Å²) in [5, 5.41) is 11.5. The summed E-state index contributed by atoms with van der Waals surface area (Å²) in [6, 6.07) is 8.70. The molecule has 1 aromatic carbocycles. The smallest absolute Gasteiger partial charge is 0.251 e. The largest absolute Gasteiger partial charge is 0.384 e. The summed E-state index contributed by atoms with van der Waals surface area (Å²) in [5.41, 5.74) is 6.80. The number of carbonyl (C=O) groups excluding carboxylic acids is 2. The Bertz CT molecular complexity index is 594. The molecule has 0 aliphatic heterocycles. The molecule has 104 valence electrons. The van der Waals surface area contributed by atoms with Crippen molar-refractivity contribution in [3.05, 3.63) is 47.7 Å². The van der Waals surface area contributed by atoms with E-state index in [0.717, 1.165) is 0 Å². The predicted octanol–water partition coefficient (Wildman–Crippen LogP) is 0.0381. The molecular formula is C13H15N5O2. The van der Waals surface area contributed by atoms with Gasteiger partial charge in [-0.2, -0.15) is 5.10 Å². The van der Waals surface area contributed by atoms with Crippen LogP contribution >= 0.6 is 0 Å². The lowest BCUT2D eigenvalue weighted by molar-refractivity contribution is -0.120. The Kier molecular flexibility index (Phi) is 4.33. The van der Waals surface area contributed by atoms with Gasteiger partial charge in [0.2, 0.25) is 5.91 Å². The highest BCUT2D eigenvalue weighted by Crippen LogP contribution is 2.04. The highest BCUT2D eigenvalue weighted by atomic mass is 16.2. The molecule has 0 aliphatic rings. The van der Waals surface area contributed by atoms with Crippen LogP contribution in [0.5, 0.6) is 0 Å². The molecule has 5 N–H and O–H groups in total. The van der Waals surface area contributed by atoms with Crippen molar-refractivity contribution < 1.29 is 9.59 Å². The summed E-state index contributed by atoms with van der Waals surface area (Å²) >= 11 is 0. The maximum Gasteiger partial charge on any atom is 0.251 e. The van der Waals surface area contributed by atoms with Crippen molar-refractivity contribution in [2.24, 2.45) is 0 Å². The normalized spacial score (nSPS) is 10.0. The summed E-state index contributed by atoms with van der Waals surface area (Å²) in [6.07, 6.45) is 1.54. The van der Waals surface area contributed by atoms with Gasteiger partial charge in [-0.25, -0.2) is 0 Å². The molecule has 0 radical (unpaired) electrons. The van der Waals surface area contributed by atoms with E-state index in [-0.39, 0.29) is 24.9 Å². The fourth-order valence-corrected chi connectivity index (χ4v) is 1.57. The topological polar surface area (TPSA) is 113 Å². The molecule has 20 heavy (non-hydrogen) atoms. The first-order valence-corrected chi connectivity index (χ1v) is 6.04. The van der Waals surface area contributed by atoms with Gasteiger partial charge in [0.05, 0.1) is 12.7 Å². The Balaban J connectivity index is 1.75. The van der Waals surface area contributed by atoms with Crippen LogP contribution in [0.4, 0.5) is 5.82 Å². The quantitative estimate of drug-likeness (QED) is 0.616. The molecule has 0 spiro atoms. The van der Waals surface area contributed by atoms with Gasteiger partial charge in [0.1, 0.15) is 5.82 Å². The molecule has 0 fully saturated rings. The van der Waals surface area contributed by atoms with E-state index in [1.165, 1.54) is 6.20 Å². The van der Waals surface area contributed by atoms with Crippen LogP contribution in [0.15, 0.2) is 36.5 Å². The van der Waals surface area contributed by atoms with Gasteiger partial charge < -0.3 is 16.4 Å². The summed E-state index contributed by atoms with van der Waals surface area (Å²) in [5.74, 6) is -0.169. The van der Waals surface area contributed by atoms with E-state index < -0.39 is 0 Å². The van der Waals surface area contributed by atoms with Crippen molar-refractivity contribution in [1.82, 2.24) is 20.8 Å². The third-order valence-electron chi connectivity index (χ3n) is 2.67. The van der Waals surface area contributed by atoms with Crippen LogP contribution in [-0.2, 0) is 11.3 Å². The lowest BCUT2D eigenvalue weighted by Gasteiger charge is -2.06. The number of hydrogen-bond acceptors (Lipinski definition) is 4. The van der Waals surface area contributed by atoms with Crippen molar-refractivity contribution >= 4 is 17.6 Å². The van der Waals surface area contributed by atoms with E-state index in [1.807, 2.05) is 6.07 Å². The second-order valence-corrected chi connectivity index (χ2v) is 4.13. The number of nitrogens with one attached hydrogen (secondary N) is 3. The number of nitrogen functional groups attached to an aromatic ring is 1. The highest BCUT2D eigenvalue weighted by Gasteiger charge is 2.08. The molecule has 2 amide bonds. The average molecular weight is 273 g/mol. The second-order valence-electron chi connectivity index (χ2n) is 4.13. The Labute approximate surface area is 115 Å². The molecule has 7 nitrogen and oxygen atoms in total. The lowest BCUT2D eigenvalue weighted by atomic mass is 10.2. The number of anilines is 1. The van der Waals surface area contributed by atoms with Gasteiger partial charge in [-0.3, -0.25) is 14.7 Å². The van der Waals surface area contributed by atoms with E-state index in [2.05, 4.69) is 20.8 Å². The SMILES string of the molecule is Nc1[nH]ncc1CNC(=O)CNC(=O)c1ccccc1. The van der Waals surface area contributed by atoms with Crippen LogP contribution in [0, 0.1) is 0 Å². The van der Waals surface area contributed by atoms with Gasteiger partial charge in [-0.15, -0.1) is 0 Å². The minimum absolute atomic E-state index is 0.0918. The fourth-order valence-electron chi connectivity index (χ4n) is 1.57. The molecule has 0 bridgehead atoms. The van der Waals surface area contributed by atoms with Gasteiger partial charge in [0, 0.05) is 17.7 Å². The summed E-state index contributed by atoms with van der Waals surface area (Å²) in [4.78, 5) is 23.3. The molecule has 7 heteroatoms. The Hall–Kier alpha value is -2.83. The monoisotopic (exact) mass is 273 g/mol. The number of carbonyl (C=O) groups is 2. The van der Waals surface area contributed by atoms with Crippen molar-refractivity contribution in [2.75, 3.05) is 12.3 Å². The first-order chi connectivity index (χ1) is 9.66. The van der Waals surface area contributed by atoms with Crippen LogP contribution < -0.4 is 16.4 Å². The molecule has 0 saturated heterocycles. The third kappa shape index (κ3) is 3.58. The van der Waals surface area contributed by atoms with E-state index >= 15 is 0 Å². The number of hydrogen-bond donors (Lipinski definition) is 4. The molecular weight excluding hydrogens is 258 g/mol. The maximum atomic E-state index is 11.7. The minimum atomic E-state index is -0.296. The maximum absolute atomic E-state index is 11.7. The van der Waals surface area contributed by atoms with Gasteiger partial charge in [-0.1, -0.05) is 18.2 Å². The zero-order chi connectivity index (χ0) is 14.4. The van der Waals surface area contributed by atoms with Crippen molar-refractivity contribution in [3.63, 3.8) is 0 Å². The fraction of sp³-hybridized carbons (Fsp3) is 0.154. The molecule has 2 aromatic rings. The lowest BCUT2D eigenvalue weighted by Crippen LogP contribution is -2.36. The molecule has 1 aromatic heterocycles. The Morgan fingerprint density at radius 1 is 1.20 bits per heavy atom. The van der Waals surface area contributed by atoms with E-state index in [1.54, 1.807) is 24.3 Å².